The lowest BCUT2D eigenvalue weighted by molar-refractivity contribution is 0.102. The lowest BCUT2D eigenvalue weighted by atomic mass is 10.2. The number of rotatable bonds is 2. The van der Waals surface area contributed by atoms with Crippen LogP contribution in [0.2, 0.25) is 5.02 Å². The van der Waals surface area contributed by atoms with Crippen molar-refractivity contribution in [3.05, 3.63) is 53.1 Å². The molecule has 4 nitrogen and oxygen atoms in total. The summed E-state index contributed by atoms with van der Waals surface area (Å²) in [7, 11) is 0. The number of carbonyl (C=O) groups is 1. The molecule has 0 aromatic heterocycles. The van der Waals surface area contributed by atoms with Gasteiger partial charge in [0.1, 0.15) is 13.2 Å². The number of hydrogen-bond donors (Lipinski definition) is 1. The zero-order valence-corrected chi connectivity index (χ0v) is 11.3. The summed E-state index contributed by atoms with van der Waals surface area (Å²) < 4.78 is 10.9. The van der Waals surface area contributed by atoms with Gasteiger partial charge in [-0.05, 0) is 12.1 Å². The van der Waals surface area contributed by atoms with Crippen LogP contribution in [0.1, 0.15) is 10.4 Å². The molecule has 0 atom stereocenters. The van der Waals surface area contributed by atoms with Crippen LogP contribution < -0.4 is 14.8 Å². The minimum Gasteiger partial charge on any atom is -0.486 e. The van der Waals surface area contributed by atoms with E-state index in [1.54, 1.807) is 36.4 Å². The summed E-state index contributed by atoms with van der Waals surface area (Å²) in [5.74, 6) is 0.965. The fraction of sp³-hybridized carbons (Fsp3) is 0.133. The van der Waals surface area contributed by atoms with Crippen LogP contribution in [0.25, 0.3) is 0 Å². The van der Waals surface area contributed by atoms with Crippen molar-refractivity contribution in [2.75, 3.05) is 18.5 Å². The molecule has 1 amide bonds. The van der Waals surface area contributed by atoms with Gasteiger partial charge in [0, 0.05) is 17.7 Å². The van der Waals surface area contributed by atoms with E-state index in [2.05, 4.69) is 5.32 Å². The number of hydrogen-bond acceptors (Lipinski definition) is 3. The van der Waals surface area contributed by atoms with Crippen molar-refractivity contribution in [1.29, 1.82) is 0 Å². The average Bonchev–Trinajstić information content (AvgIpc) is 2.49. The van der Waals surface area contributed by atoms with E-state index < -0.39 is 0 Å². The molecule has 2 aromatic carbocycles. The number of carbonyl (C=O) groups excluding carboxylic acids is 1. The van der Waals surface area contributed by atoms with Crippen molar-refractivity contribution in [2.24, 2.45) is 0 Å². The van der Waals surface area contributed by atoms with Gasteiger partial charge < -0.3 is 14.8 Å². The molecular formula is C15H12ClNO3. The summed E-state index contributed by atoms with van der Waals surface area (Å²) in [4.78, 5) is 12.1. The number of nitrogens with one attached hydrogen (secondary N) is 1. The van der Waals surface area contributed by atoms with Crippen LogP contribution in [0.3, 0.4) is 0 Å². The molecule has 3 rings (SSSR count). The van der Waals surface area contributed by atoms with E-state index in [0.29, 0.717) is 41.0 Å². The minimum atomic E-state index is -0.218. The van der Waals surface area contributed by atoms with Crippen LogP contribution in [0, 0.1) is 0 Å². The Morgan fingerprint density at radius 2 is 1.70 bits per heavy atom. The van der Waals surface area contributed by atoms with Gasteiger partial charge in [0.15, 0.2) is 11.5 Å². The highest BCUT2D eigenvalue weighted by Crippen LogP contribution is 2.38. The smallest absolute Gasteiger partial charge is 0.255 e. The molecular weight excluding hydrogens is 278 g/mol. The molecule has 1 heterocycles. The first-order valence-corrected chi connectivity index (χ1v) is 6.57. The van der Waals surface area contributed by atoms with Gasteiger partial charge in [-0.3, -0.25) is 4.79 Å². The summed E-state index contributed by atoms with van der Waals surface area (Å²) in [6, 6.07) is 12.3. The number of amides is 1. The standard InChI is InChI=1S/C15H12ClNO3/c16-11-8-13-14(20-7-6-19-13)9-12(11)17-15(18)10-4-2-1-3-5-10/h1-5,8-9H,6-7H2,(H,17,18). The Balaban J connectivity index is 1.86. The molecule has 0 bridgehead atoms. The largest absolute Gasteiger partial charge is 0.486 e. The third kappa shape index (κ3) is 2.56. The number of anilines is 1. The topological polar surface area (TPSA) is 47.6 Å². The van der Waals surface area contributed by atoms with E-state index >= 15 is 0 Å². The number of halogens is 1. The third-order valence-electron chi connectivity index (χ3n) is 2.92. The second-order valence-electron chi connectivity index (χ2n) is 4.30. The average molecular weight is 290 g/mol. The molecule has 0 spiro atoms. The zero-order chi connectivity index (χ0) is 13.9. The Morgan fingerprint density at radius 3 is 2.40 bits per heavy atom. The van der Waals surface area contributed by atoms with Crippen molar-refractivity contribution >= 4 is 23.2 Å². The van der Waals surface area contributed by atoms with E-state index in [0.717, 1.165) is 0 Å². The van der Waals surface area contributed by atoms with E-state index in [1.165, 1.54) is 0 Å². The van der Waals surface area contributed by atoms with Gasteiger partial charge in [0.25, 0.3) is 5.91 Å². The quantitative estimate of drug-likeness (QED) is 0.922. The summed E-state index contributed by atoms with van der Waals surface area (Å²) in [6.45, 7) is 0.986. The first-order valence-electron chi connectivity index (χ1n) is 6.19. The predicted octanol–water partition coefficient (Wildman–Crippen LogP) is 3.36. The van der Waals surface area contributed by atoms with Gasteiger partial charge in [-0.2, -0.15) is 0 Å². The molecule has 0 saturated carbocycles. The van der Waals surface area contributed by atoms with Crippen LogP contribution in [-0.4, -0.2) is 19.1 Å². The Labute approximate surface area is 121 Å². The normalized spacial score (nSPS) is 12.8. The van der Waals surface area contributed by atoms with Crippen molar-refractivity contribution in [1.82, 2.24) is 0 Å². The monoisotopic (exact) mass is 289 g/mol. The number of ether oxygens (including phenoxy) is 2. The molecule has 20 heavy (non-hydrogen) atoms. The summed E-state index contributed by atoms with van der Waals surface area (Å²) in [6.07, 6.45) is 0. The zero-order valence-electron chi connectivity index (χ0n) is 10.6. The molecule has 0 unspecified atom stereocenters. The van der Waals surface area contributed by atoms with Gasteiger partial charge in [-0.1, -0.05) is 29.8 Å². The highest BCUT2D eigenvalue weighted by molar-refractivity contribution is 6.34. The van der Waals surface area contributed by atoms with E-state index in [1.807, 2.05) is 6.07 Å². The van der Waals surface area contributed by atoms with Crippen molar-refractivity contribution in [2.45, 2.75) is 0 Å². The fourth-order valence-corrected chi connectivity index (χ4v) is 2.14. The first-order chi connectivity index (χ1) is 9.74. The van der Waals surface area contributed by atoms with Gasteiger partial charge in [-0.25, -0.2) is 0 Å². The minimum absolute atomic E-state index is 0.218. The van der Waals surface area contributed by atoms with Crippen molar-refractivity contribution < 1.29 is 14.3 Å². The summed E-state index contributed by atoms with van der Waals surface area (Å²) in [5.41, 5.74) is 1.07. The second-order valence-corrected chi connectivity index (χ2v) is 4.70. The second kappa shape index (κ2) is 5.43. The van der Waals surface area contributed by atoms with Gasteiger partial charge in [-0.15, -0.1) is 0 Å². The molecule has 0 radical (unpaired) electrons. The highest BCUT2D eigenvalue weighted by Gasteiger charge is 2.16. The van der Waals surface area contributed by atoms with Crippen LogP contribution in [0.5, 0.6) is 11.5 Å². The SMILES string of the molecule is O=C(Nc1cc2c(cc1Cl)OCCO2)c1ccccc1. The molecule has 0 aliphatic carbocycles. The predicted molar refractivity (Wildman–Crippen MR) is 76.8 cm³/mol. The lowest BCUT2D eigenvalue weighted by Crippen LogP contribution is -2.16. The molecule has 5 heteroatoms. The molecule has 1 N–H and O–H groups in total. The van der Waals surface area contributed by atoms with Crippen molar-refractivity contribution in [3.63, 3.8) is 0 Å². The maximum atomic E-state index is 12.1. The van der Waals surface area contributed by atoms with Gasteiger partial charge in [0.05, 0.1) is 10.7 Å². The molecule has 1 aliphatic heterocycles. The maximum absolute atomic E-state index is 12.1. The van der Waals surface area contributed by atoms with E-state index in [4.69, 9.17) is 21.1 Å². The first kappa shape index (κ1) is 12.8. The number of benzene rings is 2. The fourth-order valence-electron chi connectivity index (χ4n) is 1.94. The molecule has 1 aliphatic rings. The van der Waals surface area contributed by atoms with Gasteiger partial charge >= 0.3 is 0 Å². The highest BCUT2D eigenvalue weighted by atomic mass is 35.5. The summed E-state index contributed by atoms with van der Waals surface area (Å²) in [5, 5.41) is 3.19. The summed E-state index contributed by atoms with van der Waals surface area (Å²) >= 11 is 6.14. The Hall–Kier alpha value is -2.20. The van der Waals surface area contributed by atoms with E-state index in [-0.39, 0.29) is 5.91 Å². The Kier molecular flexibility index (Phi) is 3.48. The maximum Gasteiger partial charge on any atom is 0.255 e. The van der Waals surface area contributed by atoms with Crippen LogP contribution in [0.15, 0.2) is 42.5 Å². The van der Waals surface area contributed by atoms with Crippen molar-refractivity contribution in [3.8, 4) is 11.5 Å². The van der Waals surface area contributed by atoms with Crippen LogP contribution >= 0.6 is 11.6 Å². The lowest BCUT2D eigenvalue weighted by Gasteiger charge is -2.20. The Morgan fingerprint density at radius 1 is 1.05 bits per heavy atom. The third-order valence-corrected chi connectivity index (χ3v) is 3.23. The molecule has 2 aromatic rings. The van der Waals surface area contributed by atoms with Gasteiger partial charge in [0.2, 0.25) is 0 Å². The van der Waals surface area contributed by atoms with Crippen LogP contribution in [0.4, 0.5) is 5.69 Å². The molecule has 0 saturated heterocycles. The number of fused-ring (bicyclic) bond motifs is 1. The molecule has 0 fully saturated rings. The van der Waals surface area contributed by atoms with E-state index in [9.17, 15) is 4.79 Å². The molecule has 102 valence electrons. The Bertz CT molecular complexity index is 643. The van der Waals surface area contributed by atoms with Crippen LogP contribution in [-0.2, 0) is 0 Å².